The lowest BCUT2D eigenvalue weighted by Crippen LogP contribution is -2.35. The molecule has 2 nitrogen and oxygen atoms in total. The van der Waals surface area contributed by atoms with Gasteiger partial charge in [-0.05, 0) is 38.0 Å². The summed E-state index contributed by atoms with van der Waals surface area (Å²) in [7, 11) is 0. The van der Waals surface area contributed by atoms with E-state index in [-0.39, 0.29) is 17.5 Å². The number of carbonyl (C=O) groups is 2. The average molecular weight is 194 g/mol. The van der Waals surface area contributed by atoms with Crippen LogP contribution in [0.2, 0.25) is 0 Å². The van der Waals surface area contributed by atoms with Crippen molar-refractivity contribution in [1.82, 2.24) is 0 Å². The fourth-order valence-corrected chi connectivity index (χ4v) is 3.16. The van der Waals surface area contributed by atoms with Gasteiger partial charge < -0.3 is 0 Å². The highest BCUT2D eigenvalue weighted by molar-refractivity contribution is 6.01. The molecule has 2 heteroatoms. The first kappa shape index (κ1) is 9.88. The summed E-state index contributed by atoms with van der Waals surface area (Å²) in [6, 6.07) is 0. The molecule has 0 aromatic heterocycles. The molecular formula is C12H18O2. The summed E-state index contributed by atoms with van der Waals surface area (Å²) >= 11 is 0. The molecule has 2 saturated carbocycles. The van der Waals surface area contributed by atoms with E-state index in [2.05, 4.69) is 0 Å². The standard InChI is InChI=1S/C12H18O2/c1-9(13)10-8-12(5-2-3-6-12)7-4-11(10)14/h10H,2-8H2,1H3. The van der Waals surface area contributed by atoms with E-state index < -0.39 is 0 Å². The molecule has 1 spiro atoms. The van der Waals surface area contributed by atoms with Gasteiger partial charge in [-0.15, -0.1) is 0 Å². The molecule has 1 unspecified atom stereocenters. The Labute approximate surface area is 85.1 Å². The molecule has 0 heterocycles. The Morgan fingerprint density at radius 1 is 1.29 bits per heavy atom. The van der Waals surface area contributed by atoms with E-state index >= 15 is 0 Å². The Kier molecular flexibility index (Phi) is 2.46. The summed E-state index contributed by atoms with van der Waals surface area (Å²) in [5.74, 6) is 0.0119. The van der Waals surface area contributed by atoms with Gasteiger partial charge in [0, 0.05) is 6.42 Å². The Morgan fingerprint density at radius 2 is 1.93 bits per heavy atom. The third-order valence-corrected chi connectivity index (χ3v) is 4.08. The number of Topliss-reactive ketones (excluding diaryl/α,β-unsaturated/α-hetero) is 2. The zero-order chi connectivity index (χ0) is 10.2. The Balaban J connectivity index is 2.12. The van der Waals surface area contributed by atoms with Crippen LogP contribution >= 0.6 is 0 Å². The van der Waals surface area contributed by atoms with Crippen LogP contribution in [0.3, 0.4) is 0 Å². The van der Waals surface area contributed by atoms with E-state index in [0.29, 0.717) is 11.8 Å². The molecule has 2 aliphatic carbocycles. The highest BCUT2D eigenvalue weighted by Gasteiger charge is 2.43. The highest BCUT2D eigenvalue weighted by atomic mass is 16.1. The smallest absolute Gasteiger partial charge is 0.143 e. The topological polar surface area (TPSA) is 34.1 Å². The molecule has 78 valence electrons. The molecule has 0 aromatic carbocycles. The minimum atomic E-state index is -0.262. The van der Waals surface area contributed by atoms with Crippen molar-refractivity contribution in [1.29, 1.82) is 0 Å². The van der Waals surface area contributed by atoms with E-state index in [0.717, 1.165) is 12.8 Å². The summed E-state index contributed by atoms with van der Waals surface area (Å²) in [5, 5.41) is 0. The Bertz CT molecular complexity index is 261. The van der Waals surface area contributed by atoms with Gasteiger partial charge in [-0.25, -0.2) is 0 Å². The van der Waals surface area contributed by atoms with E-state index in [1.807, 2.05) is 0 Å². The quantitative estimate of drug-likeness (QED) is 0.601. The van der Waals surface area contributed by atoms with Gasteiger partial charge in [0.15, 0.2) is 0 Å². The first-order chi connectivity index (χ1) is 6.63. The zero-order valence-electron chi connectivity index (χ0n) is 8.84. The molecule has 2 fully saturated rings. The normalized spacial score (nSPS) is 30.9. The second-order valence-corrected chi connectivity index (χ2v) is 5.04. The van der Waals surface area contributed by atoms with Crippen LogP contribution in [0.25, 0.3) is 0 Å². The van der Waals surface area contributed by atoms with Gasteiger partial charge >= 0.3 is 0 Å². The average Bonchev–Trinajstić information content (AvgIpc) is 2.58. The molecule has 14 heavy (non-hydrogen) atoms. The summed E-state index contributed by atoms with van der Waals surface area (Å²) < 4.78 is 0. The van der Waals surface area contributed by atoms with Crippen LogP contribution in [0, 0.1) is 11.3 Å². The van der Waals surface area contributed by atoms with Crippen LogP contribution in [-0.4, -0.2) is 11.6 Å². The van der Waals surface area contributed by atoms with Crippen LogP contribution < -0.4 is 0 Å². The number of ketones is 2. The fourth-order valence-electron chi connectivity index (χ4n) is 3.16. The second kappa shape index (κ2) is 3.48. The number of hydrogen-bond donors (Lipinski definition) is 0. The van der Waals surface area contributed by atoms with Crippen molar-refractivity contribution in [3.8, 4) is 0 Å². The van der Waals surface area contributed by atoms with E-state index in [9.17, 15) is 9.59 Å². The van der Waals surface area contributed by atoms with Gasteiger partial charge in [0.25, 0.3) is 0 Å². The minimum Gasteiger partial charge on any atom is -0.299 e. The van der Waals surface area contributed by atoms with Gasteiger partial charge in [-0.3, -0.25) is 9.59 Å². The Hall–Kier alpha value is -0.660. The van der Waals surface area contributed by atoms with Crippen molar-refractivity contribution in [3.05, 3.63) is 0 Å². The lowest BCUT2D eigenvalue weighted by molar-refractivity contribution is -0.136. The predicted molar refractivity (Wildman–Crippen MR) is 53.9 cm³/mol. The Morgan fingerprint density at radius 3 is 2.50 bits per heavy atom. The number of hydrogen-bond acceptors (Lipinski definition) is 2. The lowest BCUT2D eigenvalue weighted by atomic mass is 9.67. The molecule has 0 aliphatic heterocycles. The molecule has 2 aliphatic rings. The van der Waals surface area contributed by atoms with Gasteiger partial charge in [0.2, 0.25) is 0 Å². The van der Waals surface area contributed by atoms with E-state index in [4.69, 9.17) is 0 Å². The van der Waals surface area contributed by atoms with Crippen molar-refractivity contribution in [3.63, 3.8) is 0 Å². The van der Waals surface area contributed by atoms with Gasteiger partial charge in [0.05, 0.1) is 5.92 Å². The molecule has 1 atom stereocenters. The van der Waals surface area contributed by atoms with Crippen molar-refractivity contribution < 1.29 is 9.59 Å². The van der Waals surface area contributed by atoms with Crippen molar-refractivity contribution in [2.75, 3.05) is 0 Å². The van der Waals surface area contributed by atoms with Crippen LogP contribution in [0.4, 0.5) is 0 Å². The van der Waals surface area contributed by atoms with Crippen LogP contribution in [0.1, 0.15) is 51.9 Å². The maximum absolute atomic E-state index is 11.6. The fraction of sp³-hybridized carbons (Fsp3) is 0.833. The first-order valence-electron chi connectivity index (χ1n) is 5.66. The van der Waals surface area contributed by atoms with E-state index in [1.54, 1.807) is 6.92 Å². The van der Waals surface area contributed by atoms with Crippen LogP contribution in [0.15, 0.2) is 0 Å². The predicted octanol–water partition coefficient (Wildman–Crippen LogP) is 2.51. The molecular weight excluding hydrogens is 176 g/mol. The van der Waals surface area contributed by atoms with Gasteiger partial charge in [0.1, 0.15) is 11.6 Å². The van der Waals surface area contributed by atoms with Crippen molar-refractivity contribution in [2.24, 2.45) is 11.3 Å². The monoisotopic (exact) mass is 194 g/mol. The summed E-state index contributed by atoms with van der Waals surface area (Å²) in [6.45, 7) is 1.57. The highest BCUT2D eigenvalue weighted by Crippen LogP contribution is 2.49. The lowest BCUT2D eigenvalue weighted by Gasteiger charge is -2.36. The van der Waals surface area contributed by atoms with Gasteiger partial charge in [-0.1, -0.05) is 12.8 Å². The summed E-state index contributed by atoms with van der Waals surface area (Å²) in [6.07, 6.45) is 7.59. The molecule has 0 saturated heterocycles. The SMILES string of the molecule is CC(=O)C1CC2(CCCC2)CCC1=O. The van der Waals surface area contributed by atoms with Crippen molar-refractivity contribution in [2.45, 2.75) is 51.9 Å². The summed E-state index contributed by atoms with van der Waals surface area (Å²) in [5.41, 5.74) is 0.365. The second-order valence-electron chi connectivity index (χ2n) is 5.04. The van der Waals surface area contributed by atoms with Crippen LogP contribution in [-0.2, 0) is 9.59 Å². The zero-order valence-corrected chi connectivity index (χ0v) is 8.84. The third-order valence-electron chi connectivity index (χ3n) is 4.08. The minimum absolute atomic E-state index is 0.0842. The van der Waals surface area contributed by atoms with E-state index in [1.165, 1.54) is 25.7 Å². The maximum Gasteiger partial charge on any atom is 0.143 e. The maximum atomic E-state index is 11.6. The van der Waals surface area contributed by atoms with Gasteiger partial charge in [-0.2, -0.15) is 0 Å². The number of rotatable bonds is 1. The molecule has 0 aromatic rings. The summed E-state index contributed by atoms with van der Waals surface area (Å²) in [4.78, 5) is 22.9. The number of carbonyl (C=O) groups excluding carboxylic acids is 2. The van der Waals surface area contributed by atoms with Crippen LogP contribution in [0.5, 0.6) is 0 Å². The van der Waals surface area contributed by atoms with Crippen molar-refractivity contribution >= 4 is 11.6 Å². The third kappa shape index (κ3) is 1.62. The molecule has 0 bridgehead atoms. The molecule has 0 N–H and O–H groups in total. The first-order valence-corrected chi connectivity index (χ1v) is 5.66. The largest absolute Gasteiger partial charge is 0.299 e. The molecule has 0 radical (unpaired) electrons. The molecule has 2 rings (SSSR count). The molecule has 0 amide bonds.